The first-order chi connectivity index (χ1) is 10.2. The number of aryl methyl sites for hydroxylation is 2. The van der Waals surface area contributed by atoms with E-state index >= 15 is 0 Å². The normalized spacial score (nSPS) is 10.8. The van der Waals surface area contributed by atoms with Crippen molar-refractivity contribution in [2.75, 3.05) is 5.73 Å². The van der Waals surface area contributed by atoms with Gasteiger partial charge in [-0.2, -0.15) is 5.10 Å². The number of benzene rings is 1. The first-order valence-corrected chi connectivity index (χ1v) is 6.91. The molecule has 0 saturated carbocycles. The molecule has 0 aliphatic heterocycles. The molecule has 1 aromatic carbocycles. The predicted octanol–water partition coefficient (Wildman–Crippen LogP) is 2.78. The Morgan fingerprint density at radius 1 is 1.14 bits per heavy atom. The van der Waals surface area contributed by atoms with Crippen molar-refractivity contribution in [1.29, 1.82) is 0 Å². The molecule has 0 bridgehead atoms. The second kappa shape index (κ2) is 5.36. The Labute approximate surface area is 123 Å². The molecular weight excluding hydrogens is 262 g/mol. The van der Waals surface area contributed by atoms with E-state index in [4.69, 9.17) is 5.73 Å². The molecule has 0 fully saturated rings. The number of rotatable bonds is 3. The van der Waals surface area contributed by atoms with Crippen LogP contribution in [0.15, 0.2) is 42.7 Å². The molecular formula is C16H17N5. The van der Waals surface area contributed by atoms with Gasteiger partial charge in [0.1, 0.15) is 5.82 Å². The number of nitrogens with zero attached hydrogens (tertiary/aromatic N) is 4. The Balaban J connectivity index is 2.00. The summed E-state index contributed by atoms with van der Waals surface area (Å²) in [5.41, 5.74) is 9.63. The average Bonchev–Trinajstić information content (AvgIpc) is 2.96. The molecule has 2 heterocycles. The van der Waals surface area contributed by atoms with E-state index in [0.29, 0.717) is 0 Å². The summed E-state index contributed by atoms with van der Waals surface area (Å²) in [6, 6.07) is 9.72. The molecule has 0 saturated heterocycles. The average molecular weight is 279 g/mol. The van der Waals surface area contributed by atoms with Crippen LogP contribution in [0.5, 0.6) is 0 Å². The van der Waals surface area contributed by atoms with Gasteiger partial charge in [-0.25, -0.2) is 14.6 Å². The Morgan fingerprint density at radius 2 is 2.00 bits per heavy atom. The van der Waals surface area contributed by atoms with Gasteiger partial charge >= 0.3 is 0 Å². The summed E-state index contributed by atoms with van der Waals surface area (Å²) >= 11 is 0. The van der Waals surface area contributed by atoms with E-state index in [2.05, 4.69) is 22.0 Å². The highest BCUT2D eigenvalue weighted by molar-refractivity contribution is 5.66. The fourth-order valence-corrected chi connectivity index (χ4v) is 2.23. The lowest BCUT2D eigenvalue weighted by Gasteiger charge is -2.04. The van der Waals surface area contributed by atoms with Crippen molar-refractivity contribution in [2.24, 2.45) is 0 Å². The highest BCUT2D eigenvalue weighted by Crippen LogP contribution is 2.21. The number of hydrogen-bond acceptors (Lipinski definition) is 4. The van der Waals surface area contributed by atoms with Crippen molar-refractivity contribution >= 4 is 5.69 Å². The van der Waals surface area contributed by atoms with Crippen LogP contribution >= 0.6 is 0 Å². The van der Waals surface area contributed by atoms with Gasteiger partial charge < -0.3 is 5.73 Å². The van der Waals surface area contributed by atoms with Gasteiger partial charge in [0.2, 0.25) is 0 Å². The van der Waals surface area contributed by atoms with Crippen molar-refractivity contribution in [3.8, 4) is 16.9 Å². The number of aromatic nitrogens is 4. The largest absolute Gasteiger partial charge is 0.399 e. The summed E-state index contributed by atoms with van der Waals surface area (Å²) in [6.45, 7) is 3.97. The molecule has 0 aliphatic rings. The van der Waals surface area contributed by atoms with Crippen molar-refractivity contribution < 1.29 is 0 Å². The molecule has 3 rings (SSSR count). The molecule has 5 heteroatoms. The van der Waals surface area contributed by atoms with Crippen LogP contribution in [0.3, 0.4) is 0 Å². The van der Waals surface area contributed by atoms with Gasteiger partial charge in [-0.1, -0.05) is 19.1 Å². The Kier molecular flexibility index (Phi) is 3.39. The molecule has 2 N–H and O–H groups in total. The standard InChI is InChI=1S/C16H17N5/c1-3-15-8-16(20-11(2)19-15)21-10-13(9-18-21)12-5-4-6-14(17)7-12/h4-10H,3,17H2,1-2H3. The van der Waals surface area contributed by atoms with Crippen LogP contribution in [0.25, 0.3) is 16.9 Å². The van der Waals surface area contributed by atoms with Gasteiger partial charge in [-0.3, -0.25) is 0 Å². The summed E-state index contributed by atoms with van der Waals surface area (Å²) in [7, 11) is 0. The lowest BCUT2D eigenvalue weighted by atomic mass is 10.1. The maximum absolute atomic E-state index is 5.82. The first kappa shape index (κ1) is 13.3. The quantitative estimate of drug-likeness (QED) is 0.748. The zero-order valence-electron chi connectivity index (χ0n) is 12.1. The van der Waals surface area contributed by atoms with Crippen LogP contribution in [0.2, 0.25) is 0 Å². The molecule has 0 aliphatic carbocycles. The van der Waals surface area contributed by atoms with Crippen LogP contribution in [0, 0.1) is 6.92 Å². The lowest BCUT2D eigenvalue weighted by molar-refractivity contribution is 0.814. The molecule has 21 heavy (non-hydrogen) atoms. The van der Waals surface area contributed by atoms with E-state index < -0.39 is 0 Å². The van der Waals surface area contributed by atoms with E-state index in [1.54, 1.807) is 4.68 Å². The summed E-state index contributed by atoms with van der Waals surface area (Å²) in [5, 5.41) is 4.39. The minimum absolute atomic E-state index is 0.742. The SMILES string of the molecule is CCc1cc(-n2cc(-c3cccc(N)c3)cn2)nc(C)n1. The van der Waals surface area contributed by atoms with Crippen LogP contribution in [-0.4, -0.2) is 19.7 Å². The second-order valence-electron chi connectivity index (χ2n) is 4.92. The second-order valence-corrected chi connectivity index (χ2v) is 4.92. The third kappa shape index (κ3) is 2.76. The summed E-state index contributed by atoms with van der Waals surface area (Å²) in [4.78, 5) is 8.83. The van der Waals surface area contributed by atoms with Gasteiger partial charge in [-0.05, 0) is 31.0 Å². The molecule has 0 amide bonds. The first-order valence-electron chi connectivity index (χ1n) is 6.91. The molecule has 0 spiro atoms. The molecule has 3 aromatic rings. The summed E-state index contributed by atoms with van der Waals surface area (Å²) in [5.74, 6) is 1.54. The van der Waals surface area contributed by atoms with Gasteiger partial charge in [-0.15, -0.1) is 0 Å². The third-order valence-corrected chi connectivity index (χ3v) is 3.28. The van der Waals surface area contributed by atoms with E-state index in [9.17, 15) is 0 Å². The molecule has 2 aromatic heterocycles. The fourth-order valence-electron chi connectivity index (χ4n) is 2.23. The Hall–Kier alpha value is -2.69. The zero-order chi connectivity index (χ0) is 14.8. The van der Waals surface area contributed by atoms with Crippen molar-refractivity contribution in [2.45, 2.75) is 20.3 Å². The number of nitrogens with two attached hydrogens (primary N) is 1. The third-order valence-electron chi connectivity index (χ3n) is 3.28. The van der Waals surface area contributed by atoms with Crippen molar-refractivity contribution in [1.82, 2.24) is 19.7 Å². The molecule has 5 nitrogen and oxygen atoms in total. The van der Waals surface area contributed by atoms with E-state index in [0.717, 1.165) is 40.6 Å². The number of anilines is 1. The fraction of sp³-hybridized carbons (Fsp3) is 0.188. The maximum Gasteiger partial charge on any atom is 0.157 e. The van der Waals surface area contributed by atoms with Gasteiger partial charge in [0, 0.05) is 29.2 Å². The minimum Gasteiger partial charge on any atom is -0.399 e. The highest BCUT2D eigenvalue weighted by Gasteiger charge is 2.07. The molecule has 106 valence electrons. The van der Waals surface area contributed by atoms with Gasteiger partial charge in [0.15, 0.2) is 5.82 Å². The van der Waals surface area contributed by atoms with Crippen LogP contribution in [-0.2, 0) is 6.42 Å². The molecule has 0 atom stereocenters. The van der Waals surface area contributed by atoms with E-state index in [-0.39, 0.29) is 0 Å². The van der Waals surface area contributed by atoms with E-state index in [1.165, 1.54) is 0 Å². The van der Waals surface area contributed by atoms with Crippen molar-refractivity contribution in [3.05, 3.63) is 54.2 Å². The minimum atomic E-state index is 0.742. The Morgan fingerprint density at radius 3 is 2.76 bits per heavy atom. The van der Waals surface area contributed by atoms with E-state index in [1.807, 2.05) is 49.6 Å². The predicted molar refractivity (Wildman–Crippen MR) is 83.1 cm³/mol. The maximum atomic E-state index is 5.82. The highest BCUT2D eigenvalue weighted by atomic mass is 15.3. The van der Waals surface area contributed by atoms with Crippen LogP contribution in [0.1, 0.15) is 18.4 Å². The van der Waals surface area contributed by atoms with Crippen LogP contribution in [0.4, 0.5) is 5.69 Å². The zero-order valence-corrected chi connectivity index (χ0v) is 12.1. The summed E-state index contributed by atoms with van der Waals surface area (Å²) in [6.07, 6.45) is 4.65. The van der Waals surface area contributed by atoms with Crippen molar-refractivity contribution in [3.63, 3.8) is 0 Å². The lowest BCUT2D eigenvalue weighted by Crippen LogP contribution is -2.03. The van der Waals surface area contributed by atoms with Gasteiger partial charge in [0.05, 0.1) is 6.20 Å². The summed E-state index contributed by atoms with van der Waals surface area (Å²) < 4.78 is 1.77. The monoisotopic (exact) mass is 279 g/mol. The number of hydrogen-bond donors (Lipinski definition) is 1. The Bertz CT molecular complexity index is 776. The molecule has 0 radical (unpaired) electrons. The van der Waals surface area contributed by atoms with Gasteiger partial charge in [0.25, 0.3) is 0 Å². The van der Waals surface area contributed by atoms with Crippen LogP contribution < -0.4 is 5.73 Å². The smallest absolute Gasteiger partial charge is 0.157 e. The number of nitrogen functional groups attached to an aromatic ring is 1. The molecule has 0 unspecified atom stereocenters. The topological polar surface area (TPSA) is 69.6 Å².